The fourth-order valence-corrected chi connectivity index (χ4v) is 3.12. The van der Waals surface area contributed by atoms with E-state index < -0.39 is 0 Å². The maximum Gasteiger partial charge on any atom is 0.191 e. The SMILES string of the molecule is COc1ccc(Br)cc1CSc1nncn1C(C)C. The van der Waals surface area contributed by atoms with Gasteiger partial charge in [-0.15, -0.1) is 10.2 Å². The van der Waals surface area contributed by atoms with Gasteiger partial charge in [-0.25, -0.2) is 0 Å². The van der Waals surface area contributed by atoms with Gasteiger partial charge < -0.3 is 9.30 Å². The van der Waals surface area contributed by atoms with Crippen molar-refractivity contribution in [2.45, 2.75) is 30.8 Å². The molecule has 0 N–H and O–H groups in total. The lowest BCUT2D eigenvalue weighted by Gasteiger charge is -2.11. The molecule has 0 saturated carbocycles. The van der Waals surface area contributed by atoms with E-state index in [1.807, 2.05) is 12.1 Å². The van der Waals surface area contributed by atoms with Crippen molar-refractivity contribution in [3.63, 3.8) is 0 Å². The van der Waals surface area contributed by atoms with Gasteiger partial charge in [0.1, 0.15) is 12.1 Å². The molecule has 0 saturated heterocycles. The van der Waals surface area contributed by atoms with Gasteiger partial charge in [0.25, 0.3) is 0 Å². The second-order valence-corrected chi connectivity index (χ2v) is 6.22. The monoisotopic (exact) mass is 341 g/mol. The van der Waals surface area contributed by atoms with Crippen LogP contribution in [-0.2, 0) is 5.75 Å². The molecule has 0 aliphatic carbocycles. The molecular formula is C13H16BrN3OS. The van der Waals surface area contributed by atoms with Crippen LogP contribution in [0.5, 0.6) is 5.75 Å². The Morgan fingerprint density at radius 3 is 2.89 bits per heavy atom. The molecule has 0 radical (unpaired) electrons. The van der Waals surface area contributed by atoms with E-state index in [1.54, 1.807) is 25.2 Å². The van der Waals surface area contributed by atoms with E-state index in [0.717, 1.165) is 26.7 Å². The van der Waals surface area contributed by atoms with Crippen LogP contribution in [0, 0.1) is 0 Å². The predicted octanol–water partition coefficient (Wildman–Crippen LogP) is 3.92. The molecule has 1 heterocycles. The van der Waals surface area contributed by atoms with Crippen molar-refractivity contribution in [1.29, 1.82) is 0 Å². The summed E-state index contributed by atoms with van der Waals surface area (Å²) in [6.07, 6.45) is 1.77. The lowest BCUT2D eigenvalue weighted by molar-refractivity contribution is 0.411. The molecule has 1 aromatic carbocycles. The highest BCUT2D eigenvalue weighted by molar-refractivity contribution is 9.10. The molecular weight excluding hydrogens is 326 g/mol. The van der Waals surface area contributed by atoms with Crippen LogP contribution in [0.25, 0.3) is 0 Å². The van der Waals surface area contributed by atoms with E-state index in [1.165, 1.54) is 0 Å². The summed E-state index contributed by atoms with van der Waals surface area (Å²) in [5.41, 5.74) is 1.14. The lowest BCUT2D eigenvalue weighted by Crippen LogP contribution is -2.01. The fourth-order valence-electron chi connectivity index (χ4n) is 1.69. The molecule has 4 nitrogen and oxygen atoms in total. The Bertz CT molecular complexity index is 557. The highest BCUT2D eigenvalue weighted by atomic mass is 79.9. The van der Waals surface area contributed by atoms with Gasteiger partial charge in [0, 0.05) is 21.8 Å². The number of thioether (sulfide) groups is 1. The first-order valence-electron chi connectivity index (χ1n) is 5.96. The van der Waals surface area contributed by atoms with E-state index >= 15 is 0 Å². The quantitative estimate of drug-likeness (QED) is 0.772. The summed E-state index contributed by atoms with van der Waals surface area (Å²) in [5, 5.41) is 9.05. The number of ether oxygens (including phenoxy) is 1. The maximum atomic E-state index is 5.37. The highest BCUT2D eigenvalue weighted by Crippen LogP contribution is 2.30. The van der Waals surface area contributed by atoms with Gasteiger partial charge in [-0.3, -0.25) is 0 Å². The largest absolute Gasteiger partial charge is 0.496 e. The third kappa shape index (κ3) is 3.51. The zero-order valence-electron chi connectivity index (χ0n) is 11.1. The summed E-state index contributed by atoms with van der Waals surface area (Å²) in [7, 11) is 1.69. The molecule has 2 rings (SSSR count). The molecule has 0 aliphatic heterocycles. The van der Waals surface area contributed by atoms with Crippen LogP contribution >= 0.6 is 27.7 Å². The molecule has 0 atom stereocenters. The average Bonchev–Trinajstić information content (AvgIpc) is 2.85. The van der Waals surface area contributed by atoms with Gasteiger partial charge >= 0.3 is 0 Å². The van der Waals surface area contributed by atoms with Crippen LogP contribution in [0.3, 0.4) is 0 Å². The van der Waals surface area contributed by atoms with Crippen molar-refractivity contribution in [1.82, 2.24) is 14.8 Å². The van der Waals surface area contributed by atoms with Crippen LogP contribution in [0.1, 0.15) is 25.5 Å². The van der Waals surface area contributed by atoms with Crippen molar-refractivity contribution < 1.29 is 4.74 Å². The van der Waals surface area contributed by atoms with Crippen LogP contribution < -0.4 is 4.74 Å². The zero-order valence-corrected chi connectivity index (χ0v) is 13.5. The smallest absolute Gasteiger partial charge is 0.191 e. The molecule has 1 aromatic heterocycles. The minimum absolute atomic E-state index is 0.363. The molecule has 0 fully saturated rings. The number of rotatable bonds is 5. The molecule has 0 spiro atoms. The Balaban J connectivity index is 2.14. The Hall–Kier alpha value is -1.01. The summed E-state index contributed by atoms with van der Waals surface area (Å²) in [5.74, 6) is 1.69. The molecule has 0 amide bonds. The second-order valence-electron chi connectivity index (χ2n) is 4.36. The number of hydrogen-bond donors (Lipinski definition) is 0. The van der Waals surface area contributed by atoms with Gasteiger partial charge in [-0.2, -0.15) is 0 Å². The van der Waals surface area contributed by atoms with Gasteiger partial charge in [0.2, 0.25) is 0 Å². The van der Waals surface area contributed by atoms with E-state index in [9.17, 15) is 0 Å². The van der Waals surface area contributed by atoms with Gasteiger partial charge in [0.05, 0.1) is 7.11 Å². The first-order chi connectivity index (χ1) is 9.11. The first kappa shape index (κ1) is 14.4. The van der Waals surface area contributed by atoms with Gasteiger partial charge in [-0.1, -0.05) is 27.7 Å². The first-order valence-corrected chi connectivity index (χ1v) is 7.74. The number of nitrogens with zero attached hydrogens (tertiary/aromatic N) is 3. The standard InChI is InChI=1S/C13H16BrN3OS/c1-9(2)17-8-15-16-13(17)19-7-10-6-11(14)4-5-12(10)18-3/h4-6,8-9H,7H2,1-3H3. The minimum atomic E-state index is 0.363. The number of hydrogen-bond acceptors (Lipinski definition) is 4. The van der Waals surface area contributed by atoms with E-state index in [-0.39, 0.29) is 0 Å². The van der Waals surface area contributed by atoms with E-state index in [2.05, 4.69) is 50.6 Å². The summed E-state index contributed by atoms with van der Waals surface area (Å²) < 4.78 is 8.49. The van der Waals surface area contributed by atoms with Crippen molar-refractivity contribution >= 4 is 27.7 Å². The van der Waals surface area contributed by atoms with Crippen molar-refractivity contribution in [3.05, 3.63) is 34.6 Å². The van der Waals surface area contributed by atoms with Crippen LogP contribution in [0.4, 0.5) is 0 Å². The molecule has 6 heteroatoms. The average molecular weight is 342 g/mol. The Kier molecular flexibility index (Phi) is 4.87. The molecule has 19 heavy (non-hydrogen) atoms. The molecule has 0 unspecified atom stereocenters. The van der Waals surface area contributed by atoms with Crippen molar-refractivity contribution in [3.8, 4) is 5.75 Å². The summed E-state index contributed by atoms with van der Waals surface area (Å²) >= 11 is 5.15. The van der Waals surface area contributed by atoms with Crippen LogP contribution in [-0.4, -0.2) is 21.9 Å². The molecule has 0 bridgehead atoms. The van der Waals surface area contributed by atoms with Crippen molar-refractivity contribution in [2.75, 3.05) is 7.11 Å². The Morgan fingerprint density at radius 1 is 1.42 bits per heavy atom. The lowest BCUT2D eigenvalue weighted by atomic mass is 10.2. The van der Waals surface area contributed by atoms with Gasteiger partial charge in [-0.05, 0) is 32.0 Å². The maximum absolute atomic E-state index is 5.37. The minimum Gasteiger partial charge on any atom is -0.496 e. The fraction of sp³-hybridized carbons (Fsp3) is 0.385. The molecule has 2 aromatic rings. The third-order valence-electron chi connectivity index (χ3n) is 2.70. The zero-order chi connectivity index (χ0) is 13.8. The second kappa shape index (κ2) is 6.43. The molecule has 102 valence electrons. The van der Waals surface area contributed by atoms with Crippen LogP contribution in [0.15, 0.2) is 34.2 Å². The Morgan fingerprint density at radius 2 is 2.21 bits per heavy atom. The van der Waals surface area contributed by atoms with Gasteiger partial charge in [0.15, 0.2) is 5.16 Å². The number of halogens is 1. The summed E-state index contributed by atoms with van der Waals surface area (Å²) in [6.45, 7) is 4.24. The number of aromatic nitrogens is 3. The van der Waals surface area contributed by atoms with E-state index in [0.29, 0.717) is 6.04 Å². The number of benzene rings is 1. The van der Waals surface area contributed by atoms with Crippen molar-refractivity contribution in [2.24, 2.45) is 0 Å². The Labute approximate surface area is 125 Å². The highest BCUT2D eigenvalue weighted by Gasteiger charge is 2.10. The topological polar surface area (TPSA) is 39.9 Å². The predicted molar refractivity (Wildman–Crippen MR) is 80.7 cm³/mol. The van der Waals surface area contributed by atoms with E-state index in [4.69, 9.17) is 4.74 Å². The molecule has 0 aliphatic rings. The third-order valence-corrected chi connectivity index (χ3v) is 4.20. The normalized spacial score (nSPS) is 11.0. The van der Waals surface area contributed by atoms with Crippen LogP contribution in [0.2, 0.25) is 0 Å². The summed E-state index contributed by atoms with van der Waals surface area (Å²) in [4.78, 5) is 0. The number of methoxy groups -OCH3 is 1. The summed E-state index contributed by atoms with van der Waals surface area (Å²) in [6, 6.07) is 6.38.